The second kappa shape index (κ2) is 5.13. The van der Waals surface area contributed by atoms with Gasteiger partial charge < -0.3 is 0 Å². The number of hydrogen-bond donors (Lipinski definition) is 0. The largest absolute Gasteiger partial charge is 0.207 e. The highest BCUT2D eigenvalue weighted by atomic mass is 19.1. The predicted octanol–water partition coefficient (Wildman–Crippen LogP) is 5.67. The van der Waals surface area contributed by atoms with E-state index in [1.807, 2.05) is 6.08 Å². The normalized spacial score (nSPS) is 12.0. The van der Waals surface area contributed by atoms with E-state index in [4.69, 9.17) is 0 Å². The Morgan fingerprint density at radius 2 is 1.00 bits per heavy atom. The Balaban J connectivity index is 1.96. The maximum atomic E-state index is 13.6. The lowest BCUT2D eigenvalue weighted by Crippen LogP contribution is -1.84. The minimum Gasteiger partial charge on any atom is -0.207 e. The van der Waals surface area contributed by atoms with Gasteiger partial charge in [0.1, 0.15) is 17.5 Å². The minimum atomic E-state index is -0.359. The molecule has 0 aliphatic heterocycles. The van der Waals surface area contributed by atoms with Crippen molar-refractivity contribution in [2.75, 3.05) is 0 Å². The Labute approximate surface area is 131 Å². The summed E-state index contributed by atoms with van der Waals surface area (Å²) in [6.45, 7) is 0. The molecule has 23 heavy (non-hydrogen) atoms. The topological polar surface area (TPSA) is 0 Å². The van der Waals surface area contributed by atoms with Gasteiger partial charge in [-0.1, -0.05) is 24.3 Å². The second-order valence-electron chi connectivity index (χ2n) is 5.49. The first-order chi connectivity index (χ1) is 11.1. The maximum absolute atomic E-state index is 13.6. The van der Waals surface area contributed by atoms with Crippen LogP contribution in [0.5, 0.6) is 0 Å². The third-order valence-corrected chi connectivity index (χ3v) is 4.01. The van der Waals surface area contributed by atoms with E-state index in [-0.39, 0.29) is 17.5 Å². The van der Waals surface area contributed by atoms with Crippen molar-refractivity contribution in [3.05, 3.63) is 94.8 Å². The molecule has 3 aromatic rings. The van der Waals surface area contributed by atoms with Crippen molar-refractivity contribution in [3.8, 4) is 11.1 Å². The monoisotopic (exact) mass is 308 g/mol. The summed E-state index contributed by atoms with van der Waals surface area (Å²) in [5, 5.41) is 0. The molecule has 3 heteroatoms. The molecule has 0 heterocycles. The van der Waals surface area contributed by atoms with Crippen molar-refractivity contribution in [3.63, 3.8) is 0 Å². The van der Waals surface area contributed by atoms with Crippen LogP contribution in [0.15, 0.2) is 60.7 Å². The van der Waals surface area contributed by atoms with Gasteiger partial charge in [0.15, 0.2) is 0 Å². The first-order valence-corrected chi connectivity index (χ1v) is 7.19. The highest BCUT2D eigenvalue weighted by Crippen LogP contribution is 2.45. The van der Waals surface area contributed by atoms with Crippen molar-refractivity contribution in [1.82, 2.24) is 0 Å². The first-order valence-electron chi connectivity index (χ1n) is 7.19. The molecule has 0 atom stereocenters. The van der Waals surface area contributed by atoms with E-state index < -0.39 is 0 Å². The van der Waals surface area contributed by atoms with Crippen LogP contribution in [-0.4, -0.2) is 0 Å². The fourth-order valence-electron chi connectivity index (χ4n) is 2.97. The molecule has 0 spiro atoms. The minimum absolute atomic E-state index is 0.302. The van der Waals surface area contributed by atoms with Crippen LogP contribution >= 0.6 is 0 Å². The Bertz CT molecular complexity index is 884. The summed E-state index contributed by atoms with van der Waals surface area (Å²) in [5.74, 6) is -1.02. The summed E-state index contributed by atoms with van der Waals surface area (Å²) >= 11 is 0. The van der Waals surface area contributed by atoms with Gasteiger partial charge in [0.2, 0.25) is 0 Å². The van der Waals surface area contributed by atoms with E-state index in [1.165, 1.54) is 36.4 Å². The van der Waals surface area contributed by atoms with E-state index >= 15 is 0 Å². The standard InChI is InChI=1S/C20H11F3/c21-13-3-1-12(2-4-13)9-18-16-7-5-14(22)10-19(16)20-11-15(23)6-8-17(18)20/h1-11H. The van der Waals surface area contributed by atoms with Gasteiger partial charge in [0.25, 0.3) is 0 Å². The maximum Gasteiger partial charge on any atom is 0.123 e. The van der Waals surface area contributed by atoms with E-state index in [0.29, 0.717) is 11.1 Å². The molecule has 112 valence electrons. The summed E-state index contributed by atoms with van der Waals surface area (Å²) in [6.07, 6.45) is 1.90. The molecule has 0 fully saturated rings. The van der Waals surface area contributed by atoms with Gasteiger partial charge in [0, 0.05) is 0 Å². The van der Waals surface area contributed by atoms with Crippen LogP contribution in [0.1, 0.15) is 16.7 Å². The third kappa shape index (κ3) is 2.34. The number of halogens is 3. The summed E-state index contributed by atoms with van der Waals surface area (Å²) < 4.78 is 40.3. The number of rotatable bonds is 1. The smallest absolute Gasteiger partial charge is 0.123 e. The van der Waals surface area contributed by atoms with Gasteiger partial charge in [-0.05, 0) is 75.9 Å². The summed E-state index contributed by atoms with van der Waals surface area (Å²) in [6, 6.07) is 15.1. The Morgan fingerprint density at radius 1 is 0.522 bits per heavy atom. The third-order valence-electron chi connectivity index (χ3n) is 4.01. The Kier molecular flexibility index (Phi) is 3.08. The molecule has 0 bridgehead atoms. The molecular weight excluding hydrogens is 297 g/mol. The Morgan fingerprint density at radius 3 is 1.52 bits per heavy atom. The molecule has 0 aromatic heterocycles. The lowest BCUT2D eigenvalue weighted by molar-refractivity contribution is 0.626. The highest BCUT2D eigenvalue weighted by molar-refractivity contribution is 6.06. The van der Waals surface area contributed by atoms with Gasteiger partial charge in [-0.25, -0.2) is 13.2 Å². The zero-order chi connectivity index (χ0) is 16.0. The zero-order valence-electron chi connectivity index (χ0n) is 12.0. The van der Waals surface area contributed by atoms with Crippen molar-refractivity contribution in [2.24, 2.45) is 0 Å². The average molecular weight is 308 g/mol. The fraction of sp³-hybridized carbons (Fsp3) is 0. The van der Waals surface area contributed by atoms with Crippen LogP contribution in [0.2, 0.25) is 0 Å². The molecular formula is C20H11F3. The number of fused-ring (bicyclic) bond motifs is 3. The lowest BCUT2D eigenvalue weighted by Gasteiger charge is -2.03. The van der Waals surface area contributed by atoms with Gasteiger partial charge in [-0.3, -0.25) is 0 Å². The molecule has 0 N–H and O–H groups in total. The number of hydrogen-bond acceptors (Lipinski definition) is 0. The quantitative estimate of drug-likeness (QED) is 0.425. The molecule has 0 saturated carbocycles. The fourth-order valence-corrected chi connectivity index (χ4v) is 2.97. The van der Waals surface area contributed by atoms with Crippen LogP contribution < -0.4 is 0 Å². The van der Waals surface area contributed by atoms with E-state index in [1.54, 1.807) is 24.3 Å². The molecule has 0 nitrogen and oxygen atoms in total. The molecule has 0 saturated heterocycles. The van der Waals surface area contributed by atoms with Crippen LogP contribution in [0.25, 0.3) is 22.8 Å². The first kappa shape index (κ1) is 13.8. The van der Waals surface area contributed by atoms with Gasteiger partial charge in [-0.15, -0.1) is 0 Å². The van der Waals surface area contributed by atoms with Crippen LogP contribution in [-0.2, 0) is 0 Å². The van der Waals surface area contributed by atoms with Gasteiger partial charge >= 0.3 is 0 Å². The van der Waals surface area contributed by atoms with Gasteiger partial charge in [-0.2, -0.15) is 0 Å². The van der Waals surface area contributed by atoms with Gasteiger partial charge in [0.05, 0.1) is 0 Å². The van der Waals surface area contributed by atoms with Crippen LogP contribution in [0.3, 0.4) is 0 Å². The molecule has 4 rings (SSSR count). The zero-order valence-corrected chi connectivity index (χ0v) is 12.0. The van der Waals surface area contributed by atoms with E-state index in [0.717, 1.165) is 22.3 Å². The summed E-state index contributed by atoms with van der Waals surface area (Å²) in [4.78, 5) is 0. The Hall–Kier alpha value is -2.81. The lowest BCUT2D eigenvalue weighted by atomic mass is 10.0. The molecule has 0 radical (unpaired) electrons. The number of benzene rings is 3. The van der Waals surface area contributed by atoms with Crippen LogP contribution in [0.4, 0.5) is 13.2 Å². The van der Waals surface area contributed by atoms with E-state index in [2.05, 4.69) is 0 Å². The van der Waals surface area contributed by atoms with E-state index in [9.17, 15) is 13.2 Å². The molecule has 0 unspecified atom stereocenters. The predicted molar refractivity (Wildman–Crippen MR) is 85.2 cm³/mol. The molecule has 0 amide bonds. The highest BCUT2D eigenvalue weighted by Gasteiger charge is 2.24. The SMILES string of the molecule is Fc1ccc(C=C2c3ccc(F)cc3-c3cc(F)ccc32)cc1. The molecule has 1 aliphatic carbocycles. The van der Waals surface area contributed by atoms with Crippen molar-refractivity contribution in [2.45, 2.75) is 0 Å². The second-order valence-corrected chi connectivity index (χ2v) is 5.49. The van der Waals surface area contributed by atoms with Crippen LogP contribution in [0, 0.1) is 17.5 Å². The van der Waals surface area contributed by atoms with Crippen molar-refractivity contribution in [1.29, 1.82) is 0 Å². The summed E-state index contributed by atoms with van der Waals surface area (Å²) in [7, 11) is 0. The average Bonchev–Trinajstić information content (AvgIpc) is 2.82. The summed E-state index contributed by atoms with van der Waals surface area (Å²) in [5.41, 5.74) is 4.74. The van der Waals surface area contributed by atoms with Crippen molar-refractivity contribution < 1.29 is 13.2 Å². The molecule has 1 aliphatic rings. The van der Waals surface area contributed by atoms with Crippen molar-refractivity contribution >= 4 is 11.6 Å². The molecule has 3 aromatic carbocycles.